The second-order valence-electron chi connectivity index (χ2n) is 15.4. The van der Waals surface area contributed by atoms with E-state index >= 15 is 0 Å². The number of halogens is 2. The van der Waals surface area contributed by atoms with Crippen molar-refractivity contribution < 1.29 is 11.8 Å². The molecule has 0 saturated carbocycles. The zero-order valence-electron chi connectivity index (χ0n) is 17.9. The van der Waals surface area contributed by atoms with E-state index < -0.39 is 8.44 Å². The molecule has 0 atom stereocenters. The Hall–Kier alpha value is -0.206. The Bertz CT molecular complexity index is 846. The molecule has 0 N–H and O–H groups in total. The normalized spacial score (nSPS) is 23.7. The fourth-order valence-corrected chi connectivity index (χ4v) is 12.4. The number of hydrogen-bond donors (Lipinski definition) is 0. The van der Waals surface area contributed by atoms with Crippen LogP contribution < -0.4 is 3.32 Å². The van der Waals surface area contributed by atoms with E-state index in [1.165, 1.54) is 0 Å². The van der Waals surface area contributed by atoms with Crippen molar-refractivity contribution in [3.05, 3.63) is 53.6 Å². The summed E-state index contributed by atoms with van der Waals surface area (Å²) in [5.41, 5.74) is 2.27. The monoisotopic (exact) mass is 435 g/mol. The molecular weight excluding hydrogens is 399 g/mol. The van der Waals surface area contributed by atoms with Gasteiger partial charge >= 0.3 is 160 Å². The van der Waals surface area contributed by atoms with Crippen molar-refractivity contribution in [1.82, 2.24) is 0 Å². The molecular formula is C22H37Cl2OTi. The van der Waals surface area contributed by atoms with E-state index in [2.05, 4.69) is 58.0 Å². The van der Waals surface area contributed by atoms with Gasteiger partial charge in [-0.25, -0.2) is 0 Å². The first-order valence-electron chi connectivity index (χ1n) is 9.87. The van der Waals surface area contributed by atoms with Crippen LogP contribution in [0.25, 0.3) is 0 Å². The molecule has 1 aromatic carbocycles. The molecule has 0 spiro atoms. The van der Waals surface area contributed by atoms with Crippen LogP contribution in [0.4, 0.5) is 0 Å². The average molecular weight is 436 g/mol. The molecule has 0 heterocycles. The number of rotatable bonds is 5. The molecule has 1 nitrogen and oxygen atoms in total. The van der Waals surface area contributed by atoms with Gasteiger partial charge in [-0.2, -0.15) is 0 Å². The zero-order valence-corrected chi connectivity index (χ0v) is 21.0. The van der Waals surface area contributed by atoms with E-state index in [0.717, 1.165) is 16.9 Å². The quantitative estimate of drug-likeness (QED) is 0.418. The van der Waals surface area contributed by atoms with Crippen LogP contribution in [-0.4, -0.2) is 0 Å². The fourth-order valence-electron chi connectivity index (χ4n) is 3.93. The van der Waals surface area contributed by atoms with Gasteiger partial charge in [-0.05, 0) is 0 Å². The average Bonchev–Trinajstić information content (AvgIpc) is 2.90. The van der Waals surface area contributed by atoms with E-state index in [4.69, 9.17) is 21.9 Å². The molecule has 0 saturated heterocycles. The Labute approximate surface area is 159 Å². The van der Waals surface area contributed by atoms with Crippen molar-refractivity contribution >= 4 is 18.6 Å². The predicted molar refractivity (Wildman–Crippen MR) is 118 cm³/mol. The maximum atomic E-state index is 7.90. The third-order valence-corrected chi connectivity index (χ3v) is 17.9. The Balaban J connectivity index is 2.99. The van der Waals surface area contributed by atoms with E-state index in [1.54, 1.807) is 0 Å². The van der Waals surface area contributed by atoms with Gasteiger partial charge in [0.15, 0.2) is 0 Å². The fraction of sp³-hybridized carbons (Fsp3) is 0.545. The van der Waals surface area contributed by atoms with Crippen LogP contribution in [0.15, 0.2) is 42.5 Å². The summed E-state index contributed by atoms with van der Waals surface area (Å²) < 4.78 is 6.94. The summed E-state index contributed by atoms with van der Waals surface area (Å²) in [4.78, 5) is 0. The summed E-state index contributed by atoms with van der Waals surface area (Å²) in [6, 6.07) is 6.34. The summed E-state index contributed by atoms with van der Waals surface area (Å²) >= 11 is 0. The molecule has 26 heavy (non-hydrogen) atoms. The molecule has 0 radical (unpaired) electrons. The first-order valence-corrected chi connectivity index (χ1v) is 23.5. The zero-order chi connectivity index (χ0) is 20.5. The molecule has 1 aliphatic rings. The van der Waals surface area contributed by atoms with Crippen molar-refractivity contribution in [2.45, 2.75) is 69.9 Å². The minimum atomic E-state index is -6.48. The van der Waals surface area contributed by atoms with Gasteiger partial charge < -0.3 is 0 Å². The van der Waals surface area contributed by atoms with Crippen molar-refractivity contribution in [3.8, 4) is 5.75 Å². The van der Waals surface area contributed by atoms with Gasteiger partial charge in [0, 0.05) is 0 Å². The van der Waals surface area contributed by atoms with Crippen LogP contribution in [0, 0.1) is 0 Å². The molecule has 4 heteroatoms. The second kappa shape index (κ2) is 3.68. The van der Waals surface area contributed by atoms with Gasteiger partial charge in [-0.1, -0.05) is 0 Å². The van der Waals surface area contributed by atoms with Crippen LogP contribution in [-0.2, 0) is 8.44 Å². The molecule has 0 unspecified atom stereocenters. The summed E-state index contributed by atoms with van der Waals surface area (Å²) in [7, 11) is 9.32. The molecule has 0 amide bonds. The summed E-state index contributed by atoms with van der Waals surface area (Å²) in [5, 5.41) is 9.84. The summed E-state index contributed by atoms with van der Waals surface area (Å²) in [5.74, 6) is 1.42. The van der Waals surface area contributed by atoms with Crippen LogP contribution in [0.3, 0.4) is 0 Å². The number of allylic oxidation sites excluding steroid dienone is 4. The molecule has 0 aromatic heterocycles. The Kier molecular flexibility index (Phi) is 3.12. The van der Waals surface area contributed by atoms with Crippen molar-refractivity contribution in [2.75, 3.05) is 0 Å². The van der Waals surface area contributed by atoms with Gasteiger partial charge in [0.25, 0.3) is 0 Å². The molecule has 0 aliphatic heterocycles. The number of hydrogen-bond acceptors (Lipinski definition) is 1. The standard InChI is InChI=1S/C12H18O.C5H5.5CH3.2ClH.Ti/c1-8(2)10-6-5-7-11(9(3)4)12(10)13;1-2-4-5-3-1;;;;;;;;/h5-9,13H,1-4H3;1-5H;5*1H3;2*1H;/q;;;;;;;;;+3/p-3. The van der Waals surface area contributed by atoms with Crippen LogP contribution in [0.1, 0.15) is 50.7 Å². The Morgan fingerprint density at radius 1 is 0.808 bits per heavy atom. The van der Waals surface area contributed by atoms with Gasteiger partial charge in [-0.3, -0.25) is 0 Å². The molecule has 1 aliphatic carbocycles. The second-order valence-corrected chi connectivity index (χ2v) is 68.7. The topological polar surface area (TPSA) is 9.23 Å². The first-order chi connectivity index (χ1) is 10.9. The van der Waals surface area contributed by atoms with E-state index in [1.807, 2.05) is 38.3 Å². The van der Waals surface area contributed by atoms with Crippen molar-refractivity contribution in [1.29, 1.82) is 0 Å². The number of para-hydroxylation sites is 1. The third kappa shape index (κ3) is 4.12. The van der Waals surface area contributed by atoms with E-state index in [9.17, 15) is 0 Å². The Morgan fingerprint density at radius 2 is 1.19 bits per heavy atom. The van der Waals surface area contributed by atoms with Gasteiger partial charge in [0.05, 0.1) is 0 Å². The number of benzene rings is 1. The van der Waals surface area contributed by atoms with E-state index in [0.29, 0.717) is 11.8 Å². The van der Waals surface area contributed by atoms with Crippen LogP contribution in [0.5, 0.6) is 5.75 Å². The molecule has 0 fully saturated rings. The van der Waals surface area contributed by atoms with Crippen LogP contribution >= 0.6 is 18.6 Å². The van der Waals surface area contributed by atoms with Crippen molar-refractivity contribution in [3.63, 3.8) is 0 Å². The molecule has 2 rings (SSSR count). The molecule has 0 bridgehead atoms. The summed E-state index contributed by atoms with van der Waals surface area (Å²) in [6.45, 7) is 8.69. The van der Waals surface area contributed by atoms with Crippen molar-refractivity contribution in [2.24, 2.45) is 0 Å². The summed E-state index contributed by atoms with van der Waals surface area (Å²) in [6.07, 6.45) is 8.13. The SMILES string of the molecule is CC(C)c1cccc(C(C)C)c1[O][Ti]([CH3])([CH3])([CH3])([CH3])([CH3])([Cl])([Cl])[CH]1C=CC=C1. The van der Waals surface area contributed by atoms with Gasteiger partial charge in [0.2, 0.25) is 0 Å². The van der Waals surface area contributed by atoms with Gasteiger partial charge in [0.1, 0.15) is 0 Å². The third-order valence-electron chi connectivity index (χ3n) is 5.87. The maximum absolute atomic E-state index is 7.90. The molecule has 149 valence electrons. The van der Waals surface area contributed by atoms with Gasteiger partial charge in [-0.15, -0.1) is 0 Å². The Morgan fingerprint density at radius 3 is 1.54 bits per heavy atom. The van der Waals surface area contributed by atoms with E-state index in [-0.39, 0.29) is 4.22 Å². The molecule has 1 aromatic rings. The first kappa shape index (κ1) is 22.1. The minimum absolute atomic E-state index is 0.251. The van der Waals surface area contributed by atoms with Crippen LogP contribution in [0.2, 0.25) is 30.4 Å². The predicted octanol–water partition coefficient (Wildman–Crippen LogP) is 9.52.